The van der Waals surface area contributed by atoms with Gasteiger partial charge in [0.25, 0.3) is 0 Å². The lowest BCUT2D eigenvalue weighted by Crippen LogP contribution is -2.51. The van der Waals surface area contributed by atoms with Crippen molar-refractivity contribution in [1.29, 1.82) is 0 Å². The highest BCUT2D eigenvalue weighted by Gasteiger charge is 2.25. The Morgan fingerprint density at radius 3 is 2.83 bits per heavy atom. The van der Waals surface area contributed by atoms with Crippen LogP contribution in [0, 0.1) is 0 Å². The molecule has 23 heavy (non-hydrogen) atoms. The van der Waals surface area contributed by atoms with Gasteiger partial charge in [-0.25, -0.2) is 4.79 Å². The van der Waals surface area contributed by atoms with E-state index in [0.717, 1.165) is 23.1 Å². The summed E-state index contributed by atoms with van der Waals surface area (Å²) in [6.07, 6.45) is 2.46. The van der Waals surface area contributed by atoms with E-state index in [1.54, 1.807) is 7.11 Å². The molecule has 6 nitrogen and oxygen atoms in total. The lowest BCUT2D eigenvalue weighted by molar-refractivity contribution is 0.104. The van der Waals surface area contributed by atoms with E-state index in [9.17, 15) is 4.79 Å². The van der Waals surface area contributed by atoms with Crippen LogP contribution in [0.2, 0.25) is 0 Å². The maximum absolute atomic E-state index is 12.2. The maximum Gasteiger partial charge on any atom is 0.319 e. The third kappa shape index (κ3) is 4.24. The van der Waals surface area contributed by atoms with Crippen LogP contribution in [0.1, 0.15) is 20.3 Å². The van der Waals surface area contributed by atoms with Crippen molar-refractivity contribution in [1.82, 2.24) is 9.88 Å². The predicted octanol–water partition coefficient (Wildman–Crippen LogP) is 2.57. The van der Waals surface area contributed by atoms with Crippen molar-refractivity contribution < 1.29 is 14.6 Å². The first kappa shape index (κ1) is 17.3. The highest BCUT2D eigenvalue weighted by atomic mass is 16.5. The van der Waals surface area contributed by atoms with Crippen LogP contribution >= 0.6 is 0 Å². The molecule has 0 saturated heterocycles. The minimum Gasteiger partial charge on any atom is -0.396 e. The Bertz CT molecular complexity index is 660. The van der Waals surface area contributed by atoms with E-state index in [1.165, 1.54) is 0 Å². The highest BCUT2D eigenvalue weighted by molar-refractivity contribution is 5.93. The first-order valence-electron chi connectivity index (χ1n) is 7.79. The van der Waals surface area contributed by atoms with Gasteiger partial charge in [-0.05, 0) is 43.9 Å². The number of amides is 2. The van der Waals surface area contributed by atoms with E-state index >= 15 is 0 Å². The van der Waals surface area contributed by atoms with Gasteiger partial charge in [-0.1, -0.05) is 6.07 Å². The van der Waals surface area contributed by atoms with Crippen LogP contribution in [0.25, 0.3) is 10.9 Å². The number of aliphatic hydroxyl groups is 1. The number of aromatic nitrogens is 1. The Hall–Kier alpha value is -2.05. The molecule has 0 aliphatic heterocycles. The lowest BCUT2D eigenvalue weighted by atomic mass is 10.00. The Kier molecular flexibility index (Phi) is 5.63. The van der Waals surface area contributed by atoms with Gasteiger partial charge in [-0.2, -0.15) is 0 Å². The normalized spacial score (nSPS) is 13.7. The van der Waals surface area contributed by atoms with Crippen LogP contribution in [-0.2, 0) is 11.3 Å². The van der Waals surface area contributed by atoms with Gasteiger partial charge in [0.15, 0.2) is 0 Å². The van der Waals surface area contributed by atoms with Crippen molar-refractivity contribution in [2.45, 2.75) is 32.4 Å². The molecule has 6 heteroatoms. The first-order chi connectivity index (χ1) is 11.0. The third-order valence-corrected chi connectivity index (χ3v) is 3.91. The molecule has 0 spiro atoms. The molecule has 0 fully saturated rings. The molecule has 0 saturated carbocycles. The highest BCUT2D eigenvalue weighted by Crippen LogP contribution is 2.21. The number of hydrogen-bond acceptors (Lipinski definition) is 3. The van der Waals surface area contributed by atoms with Gasteiger partial charge >= 0.3 is 6.03 Å². The number of benzene rings is 1. The van der Waals surface area contributed by atoms with Crippen molar-refractivity contribution in [2.24, 2.45) is 0 Å². The first-order valence-corrected chi connectivity index (χ1v) is 7.79. The molecule has 2 aromatic rings. The van der Waals surface area contributed by atoms with Gasteiger partial charge in [0.1, 0.15) is 0 Å². The van der Waals surface area contributed by atoms with E-state index in [2.05, 4.69) is 28.2 Å². The minimum absolute atomic E-state index is 0.0177. The number of rotatable bonds is 7. The second kappa shape index (κ2) is 7.48. The Morgan fingerprint density at radius 1 is 1.39 bits per heavy atom. The number of carbonyl (C=O) groups excluding carboxylic acids is 1. The summed E-state index contributed by atoms with van der Waals surface area (Å²) in [5.41, 5.74) is 1.20. The fourth-order valence-corrected chi connectivity index (χ4v) is 2.71. The summed E-state index contributed by atoms with van der Waals surface area (Å²) >= 11 is 0. The maximum atomic E-state index is 12.2. The average molecular weight is 319 g/mol. The van der Waals surface area contributed by atoms with E-state index in [-0.39, 0.29) is 12.6 Å². The molecule has 2 rings (SSSR count). The Labute approximate surface area is 136 Å². The van der Waals surface area contributed by atoms with Crippen molar-refractivity contribution >= 4 is 22.6 Å². The molecule has 1 heterocycles. The van der Waals surface area contributed by atoms with Crippen molar-refractivity contribution in [3.8, 4) is 0 Å². The molecule has 126 valence electrons. The van der Waals surface area contributed by atoms with Gasteiger partial charge in [0, 0.05) is 32.1 Å². The summed E-state index contributed by atoms with van der Waals surface area (Å²) in [5, 5.41) is 16.0. The summed E-state index contributed by atoms with van der Waals surface area (Å²) in [7, 11) is 1.57. The SMILES string of the molecule is CCn1ccc2ccc(NC(=O)N[C@@](C)(CCO)COC)cc21. The molecule has 1 aromatic carbocycles. The average Bonchev–Trinajstić information content (AvgIpc) is 2.89. The zero-order valence-electron chi connectivity index (χ0n) is 13.9. The number of aryl methyl sites for hydroxylation is 1. The number of hydrogen-bond donors (Lipinski definition) is 3. The summed E-state index contributed by atoms with van der Waals surface area (Å²) < 4.78 is 7.26. The Balaban J connectivity index is 2.10. The largest absolute Gasteiger partial charge is 0.396 e. The summed E-state index contributed by atoms with van der Waals surface area (Å²) in [4.78, 5) is 12.2. The molecule has 0 aliphatic carbocycles. The summed E-state index contributed by atoms with van der Waals surface area (Å²) in [6.45, 7) is 5.12. The molecular formula is C17H25N3O3. The van der Waals surface area contributed by atoms with Crippen LogP contribution in [0.4, 0.5) is 10.5 Å². The molecule has 1 aromatic heterocycles. The topological polar surface area (TPSA) is 75.5 Å². The number of nitrogens with zero attached hydrogens (tertiary/aromatic N) is 1. The summed E-state index contributed by atoms with van der Waals surface area (Å²) in [6, 6.07) is 7.56. The number of ether oxygens (including phenoxy) is 1. The Morgan fingerprint density at radius 2 is 2.17 bits per heavy atom. The molecule has 0 unspecified atom stereocenters. The van der Waals surface area contributed by atoms with Gasteiger partial charge in [0.2, 0.25) is 0 Å². The number of nitrogens with one attached hydrogen (secondary N) is 2. The predicted molar refractivity (Wildman–Crippen MR) is 91.8 cm³/mol. The fourth-order valence-electron chi connectivity index (χ4n) is 2.71. The zero-order valence-corrected chi connectivity index (χ0v) is 13.9. The van der Waals surface area contributed by atoms with Crippen LogP contribution in [-0.4, -0.2) is 41.6 Å². The zero-order chi connectivity index (χ0) is 16.9. The van der Waals surface area contributed by atoms with Crippen LogP contribution in [0.15, 0.2) is 30.5 Å². The van der Waals surface area contributed by atoms with Gasteiger partial charge in [-0.15, -0.1) is 0 Å². The standard InChI is InChI=1S/C17H25N3O3/c1-4-20-9-7-13-5-6-14(11-15(13)20)18-16(22)19-17(2,8-10-21)12-23-3/h5-7,9,11,21H,4,8,10,12H2,1-3H3,(H2,18,19,22)/t17-/m0/s1. The monoisotopic (exact) mass is 319 g/mol. The second-order valence-electron chi connectivity index (χ2n) is 5.92. The number of fused-ring (bicyclic) bond motifs is 1. The lowest BCUT2D eigenvalue weighted by Gasteiger charge is -2.29. The number of urea groups is 1. The van der Waals surface area contributed by atoms with E-state index in [1.807, 2.05) is 31.3 Å². The van der Waals surface area contributed by atoms with Gasteiger partial charge in [0.05, 0.1) is 17.7 Å². The van der Waals surface area contributed by atoms with Gasteiger partial charge < -0.3 is 25.0 Å². The van der Waals surface area contributed by atoms with Crippen LogP contribution in [0.5, 0.6) is 0 Å². The van der Waals surface area contributed by atoms with E-state index in [0.29, 0.717) is 13.0 Å². The van der Waals surface area contributed by atoms with Crippen molar-refractivity contribution in [2.75, 3.05) is 25.6 Å². The van der Waals surface area contributed by atoms with Crippen LogP contribution in [0.3, 0.4) is 0 Å². The van der Waals surface area contributed by atoms with E-state index < -0.39 is 5.54 Å². The van der Waals surface area contributed by atoms with Crippen LogP contribution < -0.4 is 10.6 Å². The van der Waals surface area contributed by atoms with Crippen molar-refractivity contribution in [3.05, 3.63) is 30.5 Å². The smallest absolute Gasteiger partial charge is 0.319 e. The quantitative estimate of drug-likeness (QED) is 0.734. The number of aliphatic hydroxyl groups excluding tert-OH is 1. The molecule has 3 N–H and O–H groups in total. The van der Waals surface area contributed by atoms with Gasteiger partial charge in [-0.3, -0.25) is 0 Å². The second-order valence-corrected chi connectivity index (χ2v) is 5.92. The molecule has 0 bridgehead atoms. The molecular weight excluding hydrogens is 294 g/mol. The summed E-state index contributed by atoms with van der Waals surface area (Å²) in [5.74, 6) is 0. The van der Waals surface area contributed by atoms with E-state index in [4.69, 9.17) is 9.84 Å². The third-order valence-electron chi connectivity index (χ3n) is 3.91. The molecule has 2 amide bonds. The molecule has 1 atom stereocenters. The number of anilines is 1. The number of carbonyl (C=O) groups is 1. The number of methoxy groups -OCH3 is 1. The fraction of sp³-hybridized carbons (Fsp3) is 0.471. The minimum atomic E-state index is -0.610. The van der Waals surface area contributed by atoms with Crippen molar-refractivity contribution in [3.63, 3.8) is 0 Å². The molecule has 0 aliphatic rings. The molecule has 0 radical (unpaired) electrons.